The lowest BCUT2D eigenvalue weighted by Crippen LogP contribution is -2.46. The molecule has 1 aliphatic heterocycles. The molecule has 4 rings (SSSR count). The highest BCUT2D eigenvalue weighted by Gasteiger charge is 2.46. The average molecular weight is 491 g/mol. The van der Waals surface area contributed by atoms with E-state index in [1.807, 2.05) is 6.07 Å². The fraction of sp³-hybridized carbons (Fsp3) is 0.259. The molecule has 36 heavy (non-hydrogen) atoms. The Balaban J connectivity index is 1.57. The first kappa shape index (κ1) is 24.8. The van der Waals surface area contributed by atoms with Crippen molar-refractivity contribution in [1.82, 2.24) is 15.2 Å². The van der Waals surface area contributed by atoms with Gasteiger partial charge in [-0.05, 0) is 47.5 Å². The maximum Gasteiger partial charge on any atom is 0.411 e. The third kappa shape index (κ3) is 5.86. The van der Waals surface area contributed by atoms with Gasteiger partial charge < -0.3 is 15.4 Å². The highest BCUT2D eigenvalue weighted by Crippen LogP contribution is 2.34. The first-order valence-electron chi connectivity index (χ1n) is 11.6. The zero-order chi connectivity index (χ0) is 25.7. The van der Waals surface area contributed by atoms with Crippen LogP contribution < -0.4 is 10.6 Å². The van der Waals surface area contributed by atoms with Crippen molar-refractivity contribution in [3.8, 4) is 0 Å². The number of anilines is 1. The Kier molecular flexibility index (Phi) is 7.58. The number of aromatic nitrogens is 1. The molecular weight excluding hydrogens is 463 g/mol. The summed E-state index contributed by atoms with van der Waals surface area (Å²) in [5.74, 6) is -1.09. The van der Waals surface area contributed by atoms with Crippen LogP contribution in [0.15, 0.2) is 72.9 Å². The van der Waals surface area contributed by atoms with E-state index < -0.39 is 30.0 Å². The van der Waals surface area contributed by atoms with Crippen LogP contribution >= 0.6 is 0 Å². The van der Waals surface area contributed by atoms with Gasteiger partial charge in [0.2, 0.25) is 11.8 Å². The van der Waals surface area contributed by atoms with E-state index in [1.165, 1.54) is 17.0 Å². The predicted octanol–water partition coefficient (Wildman–Crippen LogP) is 4.19. The van der Waals surface area contributed by atoms with Gasteiger partial charge in [-0.3, -0.25) is 19.5 Å². The quantitative estimate of drug-likeness (QED) is 0.493. The molecule has 0 bridgehead atoms. The summed E-state index contributed by atoms with van der Waals surface area (Å²) in [7, 11) is 0. The smallest absolute Gasteiger partial charge is 0.411 e. The van der Waals surface area contributed by atoms with Crippen LogP contribution in [-0.4, -0.2) is 33.8 Å². The SMILES string of the molecule is CC(C)C(=O)Nc1ccc(C2OC(=O)N(Cc3ccc(F)cc3)C2C(=O)NCc2ccccn2)cc1. The van der Waals surface area contributed by atoms with E-state index in [4.69, 9.17) is 4.74 Å². The van der Waals surface area contributed by atoms with Crippen molar-refractivity contribution in [2.24, 2.45) is 5.92 Å². The molecular formula is C27H27FN4O4. The lowest BCUT2D eigenvalue weighted by atomic mass is 10.00. The number of halogens is 1. The van der Waals surface area contributed by atoms with Crippen LogP contribution in [-0.2, 0) is 27.4 Å². The molecule has 3 amide bonds. The Morgan fingerprint density at radius 3 is 2.42 bits per heavy atom. The molecule has 1 aromatic heterocycles. The zero-order valence-electron chi connectivity index (χ0n) is 20.0. The van der Waals surface area contributed by atoms with Gasteiger partial charge in [-0.15, -0.1) is 0 Å². The minimum absolute atomic E-state index is 0.0693. The van der Waals surface area contributed by atoms with Crippen LogP contribution in [0.3, 0.4) is 0 Å². The van der Waals surface area contributed by atoms with Crippen LogP contribution in [0.2, 0.25) is 0 Å². The summed E-state index contributed by atoms with van der Waals surface area (Å²) in [6.07, 6.45) is 0.100. The number of rotatable bonds is 8. The van der Waals surface area contributed by atoms with E-state index in [1.54, 1.807) is 68.6 Å². The molecule has 2 atom stereocenters. The zero-order valence-corrected chi connectivity index (χ0v) is 20.0. The van der Waals surface area contributed by atoms with Crippen LogP contribution in [0.5, 0.6) is 0 Å². The Morgan fingerprint density at radius 2 is 1.78 bits per heavy atom. The highest BCUT2D eigenvalue weighted by atomic mass is 19.1. The molecule has 0 spiro atoms. The normalized spacial score (nSPS) is 17.1. The summed E-state index contributed by atoms with van der Waals surface area (Å²) < 4.78 is 19.0. The first-order chi connectivity index (χ1) is 17.3. The topological polar surface area (TPSA) is 101 Å². The largest absolute Gasteiger partial charge is 0.438 e. The fourth-order valence-corrected chi connectivity index (χ4v) is 3.82. The van der Waals surface area contributed by atoms with E-state index in [0.717, 1.165) is 0 Å². The van der Waals surface area contributed by atoms with Gasteiger partial charge in [0.25, 0.3) is 0 Å². The van der Waals surface area contributed by atoms with Crippen molar-refractivity contribution in [3.63, 3.8) is 0 Å². The number of pyridine rings is 1. The summed E-state index contributed by atoms with van der Waals surface area (Å²) in [6, 6.07) is 17.0. The third-order valence-corrected chi connectivity index (χ3v) is 5.82. The summed E-state index contributed by atoms with van der Waals surface area (Å²) in [6.45, 7) is 3.85. The number of carbonyl (C=O) groups is 3. The number of hydrogen-bond acceptors (Lipinski definition) is 5. The van der Waals surface area contributed by atoms with Gasteiger partial charge in [0.15, 0.2) is 12.1 Å². The maximum absolute atomic E-state index is 13.4. The van der Waals surface area contributed by atoms with Crippen molar-refractivity contribution in [2.75, 3.05) is 5.32 Å². The van der Waals surface area contributed by atoms with E-state index >= 15 is 0 Å². The molecule has 3 aromatic rings. The molecule has 2 N–H and O–H groups in total. The van der Waals surface area contributed by atoms with Crippen LogP contribution in [0.4, 0.5) is 14.9 Å². The molecule has 1 saturated heterocycles. The summed E-state index contributed by atoms with van der Waals surface area (Å²) in [5, 5.41) is 5.66. The molecule has 9 heteroatoms. The van der Waals surface area contributed by atoms with Crippen molar-refractivity contribution in [3.05, 3.63) is 95.6 Å². The fourth-order valence-electron chi connectivity index (χ4n) is 3.82. The second kappa shape index (κ2) is 11.0. The van der Waals surface area contributed by atoms with Gasteiger partial charge in [-0.2, -0.15) is 0 Å². The van der Waals surface area contributed by atoms with Crippen molar-refractivity contribution in [1.29, 1.82) is 0 Å². The van der Waals surface area contributed by atoms with Gasteiger partial charge in [0, 0.05) is 17.8 Å². The van der Waals surface area contributed by atoms with Crippen molar-refractivity contribution < 1.29 is 23.5 Å². The summed E-state index contributed by atoms with van der Waals surface area (Å²) in [5.41, 5.74) is 2.53. The number of benzene rings is 2. The van der Waals surface area contributed by atoms with E-state index in [2.05, 4.69) is 15.6 Å². The average Bonchev–Trinajstić information content (AvgIpc) is 3.20. The molecule has 1 aliphatic rings. The van der Waals surface area contributed by atoms with Gasteiger partial charge in [-0.25, -0.2) is 9.18 Å². The number of nitrogens with zero attached hydrogens (tertiary/aromatic N) is 2. The predicted molar refractivity (Wildman–Crippen MR) is 131 cm³/mol. The van der Waals surface area contributed by atoms with Gasteiger partial charge >= 0.3 is 6.09 Å². The Bertz CT molecular complexity index is 1220. The van der Waals surface area contributed by atoms with Crippen molar-refractivity contribution in [2.45, 2.75) is 39.1 Å². The maximum atomic E-state index is 13.4. The monoisotopic (exact) mass is 490 g/mol. The Labute approximate surface area is 208 Å². The molecule has 0 saturated carbocycles. The lowest BCUT2D eigenvalue weighted by molar-refractivity contribution is -0.126. The third-order valence-electron chi connectivity index (χ3n) is 5.82. The van der Waals surface area contributed by atoms with E-state index in [9.17, 15) is 18.8 Å². The lowest BCUT2D eigenvalue weighted by Gasteiger charge is -2.24. The molecule has 0 radical (unpaired) electrons. The van der Waals surface area contributed by atoms with Crippen molar-refractivity contribution >= 4 is 23.6 Å². The summed E-state index contributed by atoms with van der Waals surface area (Å²) in [4.78, 5) is 43.8. The summed E-state index contributed by atoms with van der Waals surface area (Å²) >= 11 is 0. The highest BCUT2D eigenvalue weighted by molar-refractivity contribution is 5.92. The number of cyclic esters (lactones) is 1. The molecule has 2 heterocycles. The van der Waals surface area contributed by atoms with Gasteiger partial charge in [-0.1, -0.05) is 44.2 Å². The number of nitrogens with one attached hydrogen (secondary N) is 2. The minimum Gasteiger partial charge on any atom is -0.438 e. The molecule has 0 aliphatic carbocycles. The molecule has 8 nitrogen and oxygen atoms in total. The van der Waals surface area contributed by atoms with Gasteiger partial charge in [0.1, 0.15) is 5.82 Å². The number of carbonyl (C=O) groups excluding carboxylic acids is 3. The molecule has 2 unspecified atom stereocenters. The molecule has 2 aromatic carbocycles. The van der Waals surface area contributed by atoms with E-state index in [0.29, 0.717) is 22.5 Å². The molecule has 1 fully saturated rings. The Morgan fingerprint density at radius 1 is 1.06 bits per heavy atom. The number of ether oxygens (including phenoxy) is 1. The molecule has 186 valence electrons. The van der Waals surface area contributed by atoms with Crippen LogP contribution in [0.1, 0.15) is 36.8 Å². The minimum atomic E-state index is -0.970. The second-order valence-corrected chi connectivity index (χ2v) is 8.81. The van der Waals surface area contributed by atoms with Crippen LogP contribution in [0.25, 0.3) is 0 Å². The van der Waals surface area contributed by atoms with E-state index in [-0.39, 0.29) is 24.9 Å². The Hall–Kier alpha value is -4.27. The van der Waals surface area contributed by atoms with Gasteiger partial charge in [0.05, 0.1) is 18.8 Å². The second-order valence-electron chi connectivity index (χ2n) is 8.81. The first-order valence-corrected chi connectivity index (χ1v) is 11.6. The van der Waals surface area contributed by atoms with Crippen LogP contribution in [0, 0.1) is 11.7 Å². The number of hydrogen-bond donors (Lipinski definition) is 2. The number of amides is 3. The standard InChI is InChI=1S/C27H27FN4O4/c1-17(2)25(33)31-21-12-8-19(9-13-21)24-23(26(34)30-15-22-5-3-4-14-29-22)32(27(35)36-24)16-18-6-10-20(28)11-7-18/h3-14,17,23-24H,15-16H2,1-2H3,(H,30,34)(H,31,33).